The van der Waals surface area contributed by atoms with Crippen molar-refractivity contribution in [1.82, 2.24) is 29.8 Å². The van der Waals surface area contributed by atoms with Gasteiger partial charge < -0.3 is 15.2 Å². The molecular formula is C21H20N6O3. The number of H-pyrrole nitrogens is 2. The summed E-state index contributed by atoms with van der Waals surface area (Å²) in [5, 5.41) is 10.2. The molecule has 2 amide bonds. The molecule has 5 rings (SSSR count). The third-order valence-electron chi connectivity index (χ3n) is 5.55. The topological polar surface area (TPSA) is 115 Å². The van der Waals surface area contributed by atoms with Gasteiger partial charge in [0.2, 0.25) is 0 Å². The van der Waals surface area contributed by atoms with Gasteiger partial charge >= 0.3 is 5.69 Å². The van der Waals surface area contributed by atoms with Crippen LogP contribution in [0, 0.1) is 0 Å². The molecule has 1 aromatic carbocycles. The van der Waals surface area contributed by atoms with E-state index >= 15 is 0 Å². The molecule has 0 aliphatic carbocycles. The van der Waals surface area contributed by atoms with Gasteiger partial charge in [-0.25, -0.2) is 14.3 Å². The van der Waals surface area contributed by atoms with Crippen LogP contribution in [0.15, 0.2) is 53.5 Å². The van der Waals surface area contributed by atoms with Crippen LogP contribution in [0.1, 0.15) is 33.7 Å². The molecule has 1 fully saturated rings. The van der Waals surface area contributed by atoms with Crippen molar-refractivity contribution in [2.45, 2.75) is 18.9 Å². The average Bonchev–Trinajstić information content (AvgIpc) is 3.37. The molecule has 1 saturated heterocycles. The SMILES string of the molecule is O=C(NC1CCN(C(=O)c2cc3ccccc3[nH]2)CC1)c1ccc2n[nH]c(=O)n2c1. The van der Waals surface area contributed by atoms with E-state index in [2.05, 4.69) is 20.5 Å². The lowest BCUT2D eigenvalue weighted by atomic mass is 10.0. The largest absolute Gasteiger partial charge is 0.351 e. The first kappa shape index (κ1) is 18.2. The average molecular weight is 404 g/mol. The van der Waals surface area contributed by atoms with Crippen LogP contribution in [0.25, 0.3) is 16.6 Å². The van der Waals surface area contributed by atoms with Crippen molar-refractivity contribution in [2.24, 2.45) is 0 Å². The minimum atomic E-state index is -0.386. The zero-order valence-corrected chi connectivity index (χ0v) is 16.1. The number of carbonyl (C=O) groups excluding carboxylic acids is 2. The van der Waals surface area contributed by atoms with Gasteiger partial charge in [0.05, 0.1) is 5.56 Å². The van der Waals surface area contributed by atoms with E-state index in [1.165, 1.54) is 10.6 Å². The number of aromatic amines is 2. The molecule has 4 aromatic rings. The zero-order chi connectivity index (χ0) is 20.7. The normalized spacial score (nSPS) is 15.0. The number of piperidine rings is 1. The molecule has 9 heteroatoms. The maximum atomic E-state index is 12.8. The first-order valence-electron chi connectivity index (χ1n) is 9.83. The molecule has 0 spiro atoms. The van der Waals surface area contributed by atoms with Crippen molar-refractivity contribution < 1.29 is 9.59 Å². The zero-order valence-electron chi connectivity index (χ0n) is 16.1. The van der Waals surface area contributed by atoms with Gasteiger partial charge in [0.1, 0.15) is 5.69 Å². The third kappa shape index (κ3) is 3.24. The van der Waals surface area contributed by atoms with E-state index in [0.717, 1.165) is 10.9 Å². The molecule has 0 unspecified atom stereocenters. The summed E-state index contributed by atoms with van der Waals surface area (Å²) in [6.07, 6.45) is 2.82. The minimum Gasteiger partial charge on any atom is -0.351 e. The molecule has 1 aliphatic rings. The van der Waals surface area contributed by atoms with E-state index in [9.17, 15) is 14.4 Å². The van der Waals surface area contributed by atoms with Crippen LogP contribution in [0.4, 0.5) is 0 Å². The number of rotatable bonds is 3. The Hall–Kier alpha value is -3.88. The summed E-state index contributed by atoms with van der Waals surface area (Å²) in [7, 11) is 0. The molecule has 30 heavy (non-hydrogen) atoms. The molecule has 0 saturated carbocycles. The fourth-order valence-corrected chi connectivity index (χ4v) is 3.89. The van der Waals surface area contributed by atoms with Gasteiger partial charge in [-0.3, -0.25) is 9.59 Å². The Labute approximate surface area is 170 Å². The van der Waals surface area contributed by atoms with E-state index in [1.54, 1.807) is 12.1 Å². The van der Waals surface area contributed by atoms with Crippen LogP contribution >= 0.6 is 0 Å². The Kier molecular flexibility index (Phi) is 4.35. The summed E-state index contributed by atoms with van der Waals surface area (Å²) in [6.45, 7) is 1.14. The molecule has 4 heterocycles. The van der Waals surface area contributed by atoms with Crippen LogP contribution in [0.3, 0.4) is 0 Å². The summed E-state index contributed by atoms with van der Waals surface area (Å²) < 4.78 is 1.30. The first-order chi connectivity index (χ1) is 14.6. The van der Waals surface area contributed by atoms with Crippen LogP contribution in [-0.4, -0.2) is 55.4 Å². The lowest BCUT2D eigenvalue weighted by Crippen LogP contribution is -2.46. The predicted octanol–water partition coefficient (Wildman–Crippen LogP) is 1.54. The number of pyridine rings is 1. The quantitative estimate of drug-likeness (QED) is 0.480. The van der Waals surface area contributed by atoms with Crippen LogP contribution in [-0.2, 0) is 0 Å². The van der Waals surface area contributed by atoms with Gasteiger partial charge in [0, 0.05) is 36.2 Å². The standard InChI is InChI=1S/C21H20N6O3/c28-19(14-5-6-18-24-25-21(30)27(18)12-14)22-15-7-9-26(10-8-15)20(29)17-11-13-3-1-2-4-16(13)23-17/h1-6,11-12,15,23H,7-10H2,(H,22,28)(H,25,30). The number of hydrogen-bond donors (Lipinski definition) is 3. The summed E-state index contributed by atoms with van der Waals surface area (Å²) in [5.41, 5.74) is 1.99. The predicted molar refractivity (Wildman–Crippen MR) is 111 cm³/mol. The summed E-state index contributed by atoms with van der Waals surface area (Å²) in [4.78, 5) is 42.1. The maximum absolute atomic E-state index is 12.8. The van der Waals surface area contributed by atoms with Crippen molar-refractivity contribution >= 4 is 28.4 Å². The molecule has 0 atom stereocenters. The second kappa shape index (κ2) is 7.18. The number of aromatic nitrogens is 4. The van der Waals surface area contributed by atoms with Gasteiger partial charge in [-0.15, -0.1) is 0 Å². The molecule has 0 radical (unpaired) electrons. The first-order valence-corrected chi connectivity index (χ1v) is 9.83. The van der Waals surface area contributed by atoms with Crippen molar-refractivity contribution in [1.29, 1.82) is 0 Å². The maximum Gasteiger partial charge on any atom is 0.347 e. The van der Waals surface area contributed by atoms with Gasteiger partial charge in [-0.2, -0.15) is 5.10 Å². The highest BCUT2D eigenvalue weighted by atomic mass is 16.2. The number of para-hydroxylation sites is 1. The van der Waals surface area contributed by atoms with Crippen molar-refractivity contribution in [3.8, 4) is 0 Å². The Morgan fingerprint density at radius 1 is 1.10 bits per heavy atom. The van der Waals surface area contributed by atoms with Crippen molar-refractivity contribution in [3.05, 3.63) is 70.4 Å². The minimum absolute atomic E-state index is 0.0268. The third-order valence-corrected chi connectivity index (χ3v) is 5.55. The Morgan fingerprint density at radius 2 is 1.90 bits per heavy atom. The highest BCUT2D eigenvalue weighted by Crippen LogP contribution is 2.19. The van der Waals surface area contributed by atoms with Crippen LogP contribution in [0.2, 0.25) is 0 Å². The van der Waals surface area contributed by atoms with E-state index in [0.29, 0.717) is 42.8 Å². The number of benzene rings is 1. The lowest BCUT2D eigenvalue weighted by Gasteiger charge is -2.32. The Balaban J connectivity index is 1.22. The molecule has 152 valence electrons. The van der Waals surface area contributed by atoms with E-state index in [4.69, 9.17) is 0 Å². The molecular weight excluding hydrogens is 384 g/mol. The number of hydrogen-bond acceptors (Lipinski definition) is 4. The smallest absolute Gasteiger partial charge is 0.347 e. The fraction of sp³-hybridized carbons (Fsp3) is 0.238. The van der Waals surface area contributed by atoms with E-state index in [-0.39, 0.29) is 23.5 Å². The van der Waals surface area contributed by atoms with Gasteiger partial charge in [-0.05, 0) is 37.1 Å². The number of amides is 2. The van der Waals surface area contributed by atoms with Crippen molar-refractivity contribution in [3.63, 3.8) is 0 Å². The number of fused-ring (bicyclic) bond motifs is 2. The fourth-order valence-electron chi connectivity index (χ4n) is 3.89. The Bertz CT molecular complexity index is 1280. The molecule has 1 aliphatic heterocycles. The lowest BCUT2D eigenvalue weighted by molar-refractivity contribution is 0.0693. The molecule has 9 nitrogen and oxygen atoms in total. The van der Waals surface area contributed by atoms with E-state index in [1.807, 2.05) is 35.2 Å². The number of likely N-dealkylation sites (tertiary alicyclic amines) is 1. The van der Waals surface area contributed by atoms with Crippen LogP contribution in [0.5, 0.6) is 0 Å². The second-order valence-corrected chi connectivity index (χ2v) is 7.48. The van der Waals surface area contributed by atoms with Gasteiger partial charge in [-0.1, -0.05) is 18.2 Å². The van der Waals surface area contributed by atoms with Crippen molar-refractivity contribution in [2.75, 3.05) is 13.1 Å². The van der Waals surface area contributed by atoms with E-state index < -0.39 is 0 Å². The molecule has 0 bridgehead atoms. The van der Waals surface area contributed by atoms with Gasteiger partial charge in [0.25, 0.3) is 11.8 Å². The monoisotopic (exact) mass is 404 g/mol. The summed E-state index contributed by atoms with van der Waals surface area (Å²) in [5.74, 6) is -0.272. The highest BCUT2D eigenvalue weighted by molar-refractivity contribution is 5.98. The summed E-state index contributed by atoms with van der Waals surface area (Å²) in [6, 6.07) is 12.9. The second-order valence-electron chi connectivity index (χ2n) is 7.48. The Morgan fingerprint density at radius 3 is 2.70 bits per heavy atom. The van der Waals surface area contributed by atoms with Crippen LogP contribution < -0.4 is 11.0 Å². The highest BCUT2D eigenvalue weighted by Gasteiger charge is 2.26. The summed E-state index contributed by atoms with van der Waals surface area (Å²) >= 11 is 0. The number of carbonyl (C=O) groups is 2. The number of nitrogens with one attached hydrogen (secondary N) is 3. The molecule has 3 aromatic heterocycles. The number of nitrogens with zero attached hydrogens (tertiary/aromatic N) is 3. The molecule has 3 N–H and O–H groups in total. The van der Waals surface area contributed by atoms with Gasteiger partial charge in [0.15, 0.2) is 5.65 Å².